The number of ether oxygens (including phenoxy) is 3. The second kappa shape index (κ2) is 7.58. The third-order valence-electron chi connectivity index (χ3n) is 3.86. The Bertz CT molecular complexity index is 958. The van der Waals surface area contributed by atoms with Crippen molar-refractivity contribution in [3.63, 3.8) is 0 Å². The number of anilines is 1. The van der Waals surface area contributed by atoms with Crippen molar-refractivity contribution in [3.05, 3.63) is 48.8 Å². The van der Waals surface area contributed by atoms with E-state index < -0.39 is 0 Å². The average Bonchev–Trinajstić information content (AvgIpc) is 3.35. The van der Waals surface area contributed by atoms with Crippen LogP contribution in [-0.4, -0.2) is 40.3 Å². The fraction of sp³-hybridized carbons (Fsp3) is 0.167. The molecule has 1 aromatic heterocycles. The van der Waals surface area contributed by atoms with Crippen molar-refractivity contribution < 1.29 is 19.0 Å². The van der Waals surface area contributed by atoms with Crippen LogP contribution >= 0.6 is 11.8 Å². The third kappa shape index (κ3) is 3.82. The molecule has 1 N–H and O–H groups in total. The van der Waals surface area contributed by atoms with Crippen LogP contribution in [0.25, 0.3) is 5.69 Å². The monoisotopic (exact) mass is 384 g/mol. The van der Waals surface area contributed by atoms with Crippen molar-refractivity contribution in [2.45, 2.75) is 5.16 Å². The molecule has 0 unspecified atom stereocenters. The van der Waals surface area contributed by atoms with E-state index in [0.29, 0.717) is 22.3 Å². The van der Waals surface area contributed by atoms with Crippen LogP contribution in [0.3, 0.4) is 0 Å². The number of hydrogen-bond acceptors (Lipinski definition) is 7. The van der Waals surface area contributed by atoms with Crippen LogP contribution in [-0.2, 0) is 4.79 Å². The SMILES string of the molecule is COc1ccc(-n2cnnc2SCC(=O)Nc2ccc3c(c2)OCO3)cc1. The summed E-state index contributed by atoms with van der Waals surface area (Å²) < 4.78 is 17.6. The summed E-state index contributed by atoms with van der Waals surface area (Å²) in [5, 5.41) is 11.5. The number of hydrogen-bond donors (Lipinski definition) is 1. The molecule has 1 amide bonds. The molecule has 4 rings (SSSR count). The van der Waals surface area contributed by atoms with Gasteiger partial charge in [0.1, 0.15) is 12.1 Å². The summed E-state index contributed by atoms with van der Waals surface area (Å²) in [5.41, 5.74) is 1.54. The molecule has 0 aliphatic carbocycles. The van der Waals surface area contributed by atoms with Gasteiger partial charge in [-0.25, -0.2) is 0 Å². The Balaban J connectivity index is 1.39. The summed E-state index contributed by atoms with van der Waals surface area (Å²) in [6.45, 7) is 0.198. The standard InChI is InChI=1S/C18H16N4O4S/c1-24-14-5-3-13(4-6-14)22-10-19-21-18(22)27-9-17(23)20-12-2-7-15-16(8-12)26-11-25-15/h2-8,10H,9,11H2,1H3,(H,20,23). The van der Waals surface area contributed by atoms with Gasteiger partial charge in [-0.3, -0.25) is 9.36 Å². The van der Waals surface area contributed by atoms with Gasteiger partial charge in [0, 0.05) is 17.4 Å². The van der Waals surface area contributed by atoms with Crippen molar-refractivity contribution in [2.24, 2.45) is 0 Å². The van der Waals surface area contributed by atoms with Crippen LogP contribution in [0, 0.1) is 0 Å². The lowest BCUT2D eigenvalue weighted by atomic mass is 10.3. The Morgan fingerprint density at radius 2 is 2.04 bits per heavy atom. The topological polar surface area (TPSA) is 87.5 Å². The first-order valence-electron chi connectivity index (χ1n) is 8.10. The minimum absolute atomic E-state index is 0.150. The Kier molecular flexibility index (Phi) is 4.84. The molecule has 8 nitrogen and oxygen atoms in total. The molecule has 0 bridgehead atoms. The smallest absolute Gasteiger partial charge is 0.234 e. The van der Waals surface area contributed by atoms with Gasteiger partial charge in [-0.1, -0.05) is 11.8 Å². The number of nitrogens with zero attached hydrogens (tertiary/aromatic N) is 3. The summed E-state index contributed by atoms with van der Waals surface area (Å²) in [6, 6.07) is 12.8. The predicted octanol–water partition coefficient (Wildman–Crippen LogP) is 2.74. The van der Waals surface area contributed by atoms with Crippen molar-refractivity contribution in [3.8, 4) is 22.9 Å². The highest BCUT2D eigenvalue weighted by atomic mass is 32.2. The number of methoxy groups -OCH3 is 1. The first-order valence-corrected chi connectivity index (χ1v) is 9.08. The van der Waals surface area contributed by atoms with E-state index in [1.165, 1.54) is 11.8 Å². The number of carbonyl (C=O) groups is 1. The van der Waals surface area contributed by atoms with Gasteiger partial charge >= 0.3 is 0 Å². The number of benzene rings is 2. The molecular weight excluding hydrogens is 368 g/mol. The van der Waals surface area contributed by atoms with Gasteiger partial charge in [-0.2, -0.15) is 0 Å². The molecule has 0 spiro atoms. The maximum absolute atomic E-state index is 12.3. The Morgan fingerprint density at radius 3 is 2.85 bits per heavy atom. The van der Waals surface area contributed by atoms with Gasteiger partial charge in [0.15, 0.2) is 16.7 Å². The van der Waals surface area contributed by atoms with E-state index in [4.69, 9.17) is 14.2 Å². The molecule has 3 aromatic rings. The Morgan fingerprint density at radius 1 is 1.22 bits per heavy atom. The van der Waals surface area contributed by atoms with E-state index in [1.807, 2.05) is 28.8 Å². The molecule has 0 saturated heterocycles. The maximum Gasteiger partial charge on any atom is 0.234 e. The molecule has 0 atom stereocenters. The van der Waals surface area contributed by atoms with Crippen LogP contribution in [0.2, 0.25) is 0 Å². The fourth-order valence-corrected chi connectivity index (χ4v) is 3.27. The van der Waals surface area contributed by atoms with Gasteiger partial charge in [-0.05, 0) is 36.4 Å². The highest BCUT2D eigenvalue weighted by Gasteiger charge is 2.15. The number of carbonyl (C=O) groups excluding carboxylic acids is 1. The summed E-state index contributed by atoms with van der Waals surface area (Å²) in [6.07, 6.45) is 1.61. The lowest BCUT2D eigenvalue weighted by molar-refractivity contribution is -0.113. The minimum atomic E-state index is -0.150. The van der Waals surface area contributed by atoms with Crippen molar-refractivity contribution in [1.29, 1.82) is 0 Å². The minimum Gasteiger partial charge on any atom is -0.497 e. The van der Waals surface area contributed by atoms with E-state index in [1.54, 1.807) is 31.6 Å². The second-order valence-corrected chi connectivity index (χ2v) is 6.53. The summed E-state index contributed by atoms with van der Waals surface area (Å²) in [5.74, 6) is 2.12. The summed E-state index contributed by atoms with van der Waals surface area (Å²) in [4.78, 5) is 12.3. The van der Waals surface area contributed by atoms with E-state index >= 15 is 0 Å². The van der Waals surface area contributed by atoms with Crippen LogP contribution < -0.4 is 19.5 Å². The zero-order valence-corrected chi connectivity index (χ0v) is 15.2. The molecule has 2 aromatic carbocycles. The van der Waals surface area contributed by atoms with Gasteiger partial charge in [0.2, 0.25) is 12.7 Å². The molecule has 9 heteroatoms. The van der Waals surface area contributed by atoms with Crippen LogP contribution in [0.4, 0.5) is 5.69 Å². The quantitative estimate of drug-likeness (QED) is 0.654. The van der Waals surface area contributed by atoms with Gasteiger partial charge < -0.3 is 19.5 Å². The molecule has 0 fully saturated rings. The molecule has 27 heavy (non-hydrogen) atoms. The normalized spacial score (nSPS) is 12.0. The summed E-state index contributed by atoms with van der Waals surface area (Å²) in [7, 11) is 1.62. The van der Waals surface area contributed by atoms with Crippen molar-refractivity contribution in [1.82, 2.24) is 14.8 Å². The van der Waals surface area contributed by atoms with E-state index in [2.05, 4.69) is 15.5 Å². The van der Waals surface area contributed by atoms with Gasteiger partial charge in [-0.15, -0.1) is 10.2 Å². The molecule has 1 aliphatic rings. The number of fused-ring (bicyclic) bond motifs is 1. The van der Waals surface area contributed by atoms with Crippen LogP contribution in [0.1, 0.15) is 0 Å². The lowest BCUT2D eigenvalue weighted by Crippen LogP contribution is -2.14. The van der Waals surface area contributed by atoms with Crippen molar-refractivity contribution >= 4 is 23.4 Å². The fourth-order valence-electron chi connectivity index (χ4n) is 2.54. The zero-order chi connectivity index (χ0) is 18.6. The zero-order valence-electron chi connectivity index (χ0n) is 14.4. The molecule has 138 valence electrons. The Hall–Kier alpha value is -3.20. The van der Waals surface area contributed by atoms with Gasteiger partial charge in [0.05, 0.1) is 12.9 Å². The number of nitrogens with one attached hydrogen (secondary N) is 1. The molecule has 1 aliphatic heterocycles. The Labute approximate surface area is 159 Å². The van der Waals surface area contributed by atoms with Crippen LogP contribution in [0.5, 0.6) is 17.2 Å². The number of thioether (sulfide) groups is 1. The van der Waals surface area contributed by atoms with Crippen LogP contribution in [0.15, 0.2) is 53.9 Å². The predicted molar refractivity (Wildman–Crippen MR) is 99.8 cm³/mol. The van der Waals surface area contributed by atoms with Gasteiger partial charge in [0.25, 0.3) is 0 Å². The first kappa shape index (κ1) is 17.2. The van der Waals surface area contributed by atoms with E-state index in [9.17, 15) is 4.79 Å². The highest BCUT2D eigenvalue weighted by molar-refractivity contribution is 7.99. The van der Waals surface area contributed by atoms with E-state index in [-0.39, 0.29) is 18.5 Å². The molecule has 0 saturated carbocycles. The maximum atomic E-state index is 12.3. The van der Waals surface area contributed by atoms with E-state index in [0.717, 1.165) is 11.4 Å². The highest BCUT2D eigenvalue weighted by Crippen LogP contribution is 2.34. The lowest BCUT2D eigenvalue weighted by Gasteiger charge is -2.08. The first-order chi connectivity index (χ1) is 13.2. The number of rotatable bonds is 6. The second-order valence-electron chi connectivity index (χ2n) is 5.59. The third-order valence-corrected chi connectivity index (χ3v) is 4.80. The number of amides is 1. The number of aromatic nitrogens is 3. The molecule has 0 radical (unpaired) electrons. The molecule has 2 heterocycles. The van der Waals surface area contributed by atoms with Crippen molar-refractivity contribution in [2.75, 3.05) is 25.0 Å². The summed E-state index contributed by atoms with van der Waals surface area (Å²) >= 11 is 1.30. The average molecular weight is 384 g/mol. The largest absolute Gasteiger partial charge is 0.497 e. The molecular formula is C18H16N4O4S.